The smallest absolute Gasteiger partial charge is 0.245 e. The molecule has 0 aliphatic rings. The van der Waals surface area contributed by atoms with Gasteiger partial charge in [-0.15, -0.1) is 0 Å². The van der Waals surface area contributed by atoms with Gasteiger partial charge in [0.15, 0.2) is 0 Å². The molecule has 0 spiro atoms. The Kier molecular flexibility index (Phi) is 4.36. The fourth-order valence-corrected chi connectivity index (χ4v) is 1.88. The van der Waals surface area contributed by atoms with Crippen LogP contribution < -0.4 is 11.1 Å². The van der Waals surface area contributed by atoms with Crippen LogP contribution in [-0.4, -0.2) is 5.91 Å². The third-order valence-electron chi connectivity index (χ3n) is 2.80. The van der Waals surface area contributed by atoms with Gasteiger partial charge in [-0.1, -0.05) is 41.9 Å². The van der Waals surface area contributed by atoms with Crippen LogP contribution >= 0.6 is 11.6 Å². The molecule has 0 radical (unpaired) electrons. The Balaban J connectivity index is 2.14. The van der Waals surface area contributed by atoms with Crippen molar-refractivity contribution in [1.29, 1.82) is 5.26 Å². The fraction of sp³-hybridized carbons (Fsp3) is 0.0667. The zero-order valence-corrected chi connectivity index (χ0v) is 11.3. The van der Waals surface area contributed by atoms with Crippen molar-refractivity contribution in [2.75, 3.05) is 5.32 Å². The highest BCUT2D eigenvalue weighted by molar-refractivity contribution is 6.31. The number of anilines is 1. The minimum absolute atomic E-state index is 0.303. The van der Waals surface area contributed by atoms with Gasteiger partial charge in [0.25, 0.3) is 0 Å². The third kappa shape index (κ3) is 3.15. The second-order valence-electron chi connectivity index (χ2n) is 4.18. The molecule has 2 rings (SSSR count). The van der Waals surface area contributed by atoms with Crippen molar-refractivity contribution in [2.24, 2.45) is 5.73 Å². The lowest BCUT2D eigenvalue weighted by Crippen LogP contribution is -2.27. The molecule has 2 aromatic carbocycles. The molecule has 100 valence electrons. The molecule has 2 aromatic rings. The maximum atomic E-state index is 12.0. The monoisotopic (exact) mass is 285 g/mol. The summed E-state index contributed by atoms with van der Waals surface area (Å²) in [6.07, 6.45) is 0. The van der Waals surface area contributed by atoms with E-state index in [-0.39, 0.29) is 5.91 Å². The summed E-state index contributed by atoms with van der Waals surface area (Å²) < 4.78 is 0. The van der Waals surface area contributed by atoms with Crippen LogP contribution in [0.3, 0.4) is 0 Å². The molecule has 5 heteroatoms. The van der Waals surface area contributed by atoms with Crippen LogP contribution in [0.2, 0.25) is 5.02 Å². The molecule has 0 heterocycles. The van der Waals surface area contributed by atoms with Gasteiger partial charge in [-0.2, -0.15) is 5.26 Å². The number of nitrogens with one attached hydrogen (secondary N) is 1. The highest BCUT2D eigenvalue weighted by atomic mass is 35.5. The van der Waals surface area contributed by atoms with Crippen LogP contribution in [0, 0.1) is 11.3 Å². The van der Waals surface area contributed by atoms with Gasteiger partial charge in [0.1, 0.15) is 12.1 Å². The van der Waals surface area contributed by atoms with Crippen LogP contribution in [0.15, 0.2) is 48.5 Å². The Morgan fingerprint density at radius 3 is 2.60 bits per heavy atom. The fourth-order valence-electron chi connectivity index (χ4n) is 1.72. The van der Waals surface area contributed by atoms with E-state index in [0.717, 1.165) is 5.56 Å². The largest absolute Gasteiger partial charge is 0.324 e. The topological polar surface area (TPSA) is 78.9 Å². The average Bonchev–Trinajstić information content (AvgIpc) is 2.49. The Morgan fingerprint density at radius 1 is 1.25 bits per heavy atom. The van der Waals surface area contributed by atoms with E-state index in [0.29, 0.717) is 16.3 Å². The van der Waals surface area contributed by atoms with Gasteiger partial charge in [-0.05, 0) is 23.8 Å². The summed E-state index contributed by atoms with van der Waals surface area (Å²) in [4.78, 5) is 12.0. The van der Waals surface area contributed by atoms with E-state index < -0.39 is 6.04 Å². The highest BCUT2D eigenvalue weighted by Crippen LogP contribution is 2.20. The number of carbonyl (C=O) groups is 1. The number of rotatable bonds is 3. The van der Waals surface area contributed by atoms with Gasteiger partial charge in [-0.25, -0.2) is 0 Å². The molecule has 4 nitrogen and oxygen atoms in total. The van der Waals surface area contributed by atoms with Crippen molar-refractivity contribution < 1.29 is 4.79 Å². The van der Waals surface area contributed by atoms with Gasteiger partial charge in [0, 0.05) is 5.69 Å². The zero-order valence-electron chi connectivity index (χ0n) is 10.5. The van der Waals surface area contributed by atoms with E-state index in [1.54, 1.807) is 24.3 Å². The van der Waals surface area contributed by atoms with Crippen molar-refractivity contribution in [1.82, 2.24) is 0 Å². The number of benzene rings is 2. The first kappa shape index (κ1) is 14.1. The predicted molar refractivity (Wildman–Crippen MR) is 78.2 cm³/mol. The second-order valence-corrected chi connectivity index (χ2v) is 4.59. The normalized spacial score (nSPS) is 11.4. The number of amides is 1. The Hall–Kier alpha value is -2.35. The standard InChI is InChI=1S/C15H12ClN3O/c16-13-7-6-12(8-11(13)9-17)19-15(20)14(18)10-4-2-1-3-5-10/h1-8,14H,18H2,(H,19,20). The number of hydrogen-bond donors (Lipinski definition) is 2. The molecule has 0 bridgehead atoms. The van der Waals surface area contributed by atoms with Crippen LogP contribution in [0.5, 0.6) is 0 Å². The number of hydrogen-bond acceptors (Lipinski definition) is 3. The maximum absolute atomic E-state index is 12.0. The summed E-state index contributed by atoms with van der Waals surface area (Å²) in [6.45, 7) is 0. The maximum Gasteiger partial charge on any atom is 0.245 e. The number of nitrogens with two attached hydrogens (primary N) is 1. The average molecular weight is 286 g/mol. The zero-order chi connectivity index (χ0) is 14.5. The summed E-state index contributed by atoms with van der Waals surface area (Å²) in [5, 5.41) is 11.9. The minimum Gasteiger partial charge on any atom is -0.324 e. The first-order valence-corrected chi connectivity index (χ1v) is 6.30. The first-order chi connectivity index (χ1) is 9.61. The summed E-state index contributed by atoms with van der Waals surface area (Å²) >= 11 is 5.83. The number of halogens is 1. The van der Waals surface area contributed by atoms with Gasteiger partial charge < -0.3 is 11.1 Å². The summed E-state index contributed by atoms with van der Waals surface area (Å²) in [5.41, 5.74) is 7.40. The van der Waals surface area contributed by atoms with E-state index in [1.807, 2.05) is 24.3 Å². The van der Waals surface area contributed by atoms with Crippen molar-refractivity contribution in [3.63, 3.8) is 0 Å². The predicted octanol–water partition coefficient (Wildman–Crippen LogP) is 2.85. The van der Waals surface area contributed by atoms with Crippen LogP contribution in [0.4, 0.5) is 5.69 Å². The molecular formula is C15H12ClN3O. The van der Waals surface area contributed by atoms with Crippen LogP contribution in [-0.2, 0) is 4.79 Å². The van der Waals surface area contributed by atoms with Crippen molar-refractivity contribution >= 4 is 23.2 Å². The molecule has 0 aliphatic carbocycles. The number of nitriles is 1. The summed E-state index contributed by atoms with van der Waals surface area (Å²) in [6, 6.07) is 14.9. The van der Waals surface area contributed by atoms with Crippen molar-refractivity contribution in [3.05, 3.63) is 64.7 Å². The SMILES string of the molecule is N#Cc1cc(NC(=O)C(N)c2ccccc2)ccc1Cl. The van der Waals surface area contributed by atoms with E-state index in [4.69, 9.17) is 22.6 Å². The molecule has 0 saturated carbocycles. The molecule has 3 N–H and O–H groups in total. The van der Waals surface area contributed by atoms with Gasteiger partial charge in [-0.3, -0.25) is 4.79 Å². The quantitative estimate of drug-likeness (QED) is 0.910. The van der Waals surface area contributed by atoms with E-state index in [9.17, 15) is 4.79 Å². The Bertz CT molecular complexity index is 665. The van der Waals surface area contributed by atoms with Gasteiger partial charge >= 0.3 is 0 Å². The molecule has 1 atom stereocenters. The molecule has 20 heavy (non-hydrogen) atoms. The van der Waals surface area contributed by atoms with E-state index in [2.05, 4.69) is 5.32 Å². The van der Waals surface area contributed by atoms with E-state index >= 15 is 0 Å². The molecule has 1 amide bonds. The van der Waals surface area contributed by atoms with Gasteiger partial charge in [0.2, 0.25) is 5.91 Å². The summed E-state index contributed by atoms with van der Waals surface area (Å²) in [7, 11) is 0. The molecule has 0 fully saturated rings. The Labute approximate surface area is 121 Å². The number of nitrogens with zero attached hydrogens (tertiary/aromatic N) is 1. The molecular weight excluding hydrogens is 274 g/mol. The Morgan fingerprint density at radius 2 is 1.95 bits per heavy atom. The summed E-state index contributed by atoms with van der Waals surface area (Å²) in [5.74, 6) is -0.345. The van der Waals surface area contributed by atoms with Crippen LogP contribution in [0.25, 0.3) is 0 Å². The van der Waals surface area contributed by atoms with E-state index in [1.165, 1.54) is 6.07 Å². The first-order valence-electron chi connectivity index (χ1n) is 5.93. The molecule has 1 unspecified atom stereocenters. The molecule has 0 aliphatic heterocycles. The van der Waals surface area contributed by atoms with Crippen molar-refractivity contribution in [3.8, 4) is 6.07 Å². The number of carbonyl (C=O) groups excluding carboxylic acids is 1. The molecule has 0 aromatic heterocycles. The lowest BCUT2D eigenvalue weighted by molar-refractivity contribution is -0.117. The lowest BCUT2D eigenvalue weighted by atomic mass is 10.1. The van der Waals surface area contributed by atoms with Crippen molar-refractivity contribution in [2.45, 2.75) is 6.04 Å². The lowest BCUT2D eigenvalue weighted by Gasteiger charge is -2.12. The van der Waals surface area contributed by atoms with Gasteiger partial charge in [0.05, 0.1) is 10.6 Å². The third-order valence-corrected chi connectivity index (χ3v) is 3.13. The van der Waals surface area contributed by atoms with Crippen LogP contribution in [0.1, 0.15) is 17.2 Å². The molecule has 0 saturated heterocycles. The highest BCUT2D eigenvalue weighted by Gasteiger charge is 2.15. The minimum atomic E-state index is -0.766. The second kappa shape index (κ2) is 6.20.